The number of fused-ring (bicyclic) bond motifs is 1. The first-order valence-corrected chi connectivity index (χ1v) is 9.39. The van der Waals surface area contributed by atoms with E-state index >= 15 is 0 Å². The molecule has 140 valence electrons. The van der Waals surface area contributed by atoms with Crippen LogP contribution in [0.4, 0.5) is 10.1 Å². The second-order valence-corrected chi connectivity index (χ2v) is 6.95. The fraction of sp³-hybridized carbons (Fsp3) is 0.333. The fourth-order valence-electron chi connectivity index (χ4n) is 3.61. The number of nitrogens with one attached hydrogen (secondary N) is 1. The number of H-pyrrole nitrogens is 1. The first kappa shape index (κ1) is 17.7. The van der Waals surface area contributed by atoms with Gasteiger partial charge in [-0.25, -0.2) is 4.39 Å². The van der Waals surface area contributed by atoms with Crippen molar-refractivity contribution in [2.45, 2.75) is 12.8 Å². The van der Waals surface area contributed by atoms with Crippen LogP contribution in [-0.2, 0) is 6.42 Å². The number of hydrogen-bond acceptors (Lipinski definition) is 4. The first-order chi connectivity index (χ1) is 13.2. The summed E-state index contributed by atoms with van der Waals surface area (Å²) in [5.74, 6) is -0.190. The molecule has 1 aliphatic heterocycles. The largest absolute Gasteiger partial charge is 0.369 e. The molecule has 1 aliphatic rings. The number of piperazine rings is 1. The monoisotopic (exact) mass is 366 g/mol. The molecule has 27 heavy (non-hydrogen) atoms. The maximum atomic E-state index is 13.1. The number of aryl methyl sites for hydroxylation is 1. The second kappa shape index (κ2) is 7.88. The Bertz CT molecular complexity index is 962. The molecular formula is C21H23FN4O. The van der Waals surface area contributed by atoms with Crippen LogP contribution in [0.3, 0.4) is 0 Å². The van der Waals surface area contributed by atoms with E-state index in [2.05, 4.69) is 19.8 Å². The third-order valence-electron chi connectivity index (χ3n) is 5.15. The number of rotatable bonds is 5. The number of nitrogens with zero attached hydrogens (tertiary/aromatic N) is 3. The van der Waals surface area contributed by atoms with Crippen molar-refractivity contribution in [1.29, 1.82) is 0 Å². The smallest absolute Gasteiger partial charge is 0.257 e. The Hall–Kier alpha value is -2.73. The van der Waals surface area contributed by atoms with Crippen LogP contribution in [-0.4, -0.2) is 47.6 Å². The van der Waals surface area contributed by atoms with Gasteiger partial charge in [-0.3, -0.25) is 14.7 Å². The molecule has 3 heterocycles. The summed E-state index contributed by atoms with van der Waals surface area (Å²) in [6.45, 7) is 4.98. The van der Waals surface area contributed by atoms with Crippen LogP contribution in [0, 0.1) is 5.82 Å². The van der Waals surface area contributed by atoms with Crippen molar-refractivity contribution >= 4 is 16.6 Å². The predicted octanol–water partition coefficient (Wildman–Crippen LogP) is 2.82. The molecule has 0 spiro atoms. The zero-order valence-electron chi connectivity index (χ0n) is 15.2. The van der Waals surface area contributed by atoms with Crippen molar-refractivity contribution in [3.63, 3.8) is 0 Å². The molecule has 1 saturated heterocycles. The quantitative estimate of drug-likeness (QED) is 0.754. The van der Waals surface area contributed by atoms with Crippen molar-refractivity contribution in [1.82, 2.24) is 14.9 Å². The van der Waals surface area contributed by atoms with Crippen LogP contribution in [0.25, 0.3) is 10.9 Å². The van der Waals surface area contributed by atoms with Crippen LogP contribution < -0.4 is 10.5 Å². The lowest BCUT2D eigenvalue weighted by Gasteiger charge is -2.36. The summed E-state index contributed by atoms with van der Waals surface area (Å²) in [6.07, 6.45) is 3.58. The summed E-state index contributed by atoms with van der Waals surface area (Å²) < 4.78 is 13.1. The third-order valence-corrected chi connectivity index (χ3v) is 5.15. The highest BCUT2D eigenvalue weighted by Gasteiger charge is 2.16. The van der Waals surface area contributed by atoms with Crippen molar-refractivity contribution in [2.75, 3.05) is 37.6 Å². The minimum Gasteiger partial charge on any atom is -0.369 e. The van der Waals surface area contributed by atoms with E-state index in [0.717, 1.165) is 62.5 Å². The normalized spacial score (nSPS) is 15.4. The van der Waals surface area contributed by atoms with Crippen LogP contribution in [0.5, 0.6) is 0 Å². The second-order valence-electron chi connectivity index (χ2n) is 6.95. The van der Waals surface area contributed by atoms with Gasteiger partial charge in [0, 0.05) is 43.8 Å². The molecule has 1 aromatic carbocycles. The summed E-state index contributed by atoms with van der Waals surface area (Å²) in [5.41, 5.74) is 2.78. The van der Waals surface area contributed by atoms with Crippen molar-refractivity contribution in [3.05, 3.63) is 70.5 Å². The fourth-order valence-corrected chi connectivity index (χ4v) is 3.61. The lowest BCUT2D eigenvalue weighted by atomic mass is 10.1. The number of aromatic nitrogens is 2. The molecule has 0 saturated carbocycles. The Morgan fingerprint density at radius 3 is 2.56 bits per heavy atom. The molecule has 3 aromatic rings. The molecule has 0 bridgehead atoms. The van der Waals surface area contributed by atoms with Gasteiger partial charge in [0.15, 0.2) is 0 Å². The van der Waals surface area contributed by atoms with E-state index in [4.69, 9.17) is 0 Å². The lowest BCUT2D eigenvalue weighted by Crippen LogP contribution is -2.46. The third kappa shape index (κ3) is 4.17. The van der Waals surface area contributed by atoms with Gasteiger partial charge in [0.2, 0.25) is 0 Å². The van der Waals surface area contributed by atoms with Gasteiger partial charge in [-0.15, -0.1) is 0 Å². The van der Waals surface area contributed by atoms with E-state index in [1.807, 2.05) is 30.3 Å². The average molecular weight is 366 g/mol. The molecule has 2 aromatic heterocycles. The number of halogens is 1. The van der Waals surface area contributed by atoms with E-state index in [-0.39, 0.29) is 11.4 Å². The zero-order chi connectivity index (χ0) is 18.6. The summed E-state index contributed by atoms with van der Waals surface area (Å²) in [7, 11) is 0. The predicted molar refractivity (Wildman–Crippen MR) is 106 cm³/mol. The highest BCUT2D eigenvalue weighted by Crippen LogP contribution is 2.17. The van der Waals surface area contributed by atoms with Crippen LogP contribution in [0.1, 0.15) is 12.1 Å². The SMILES string of the molecule is O=c1[nH]ccc2nc(CCCN3CCN(c4ccc(F)cc4)CC3)ccc12. The molecule has 1 N–H and O–H groups in total. The molecule has 0 radical (unpaired) electrons. The Morgan fingerprint density at radius 2 is 1.78 bits per heavy atom. The number of aromatic amines is 1. The van der Waals surface area contributed by atoms with Crippen molar-refractivity contribution in [3.8, 4) is 0 Å². The molecule has 0 aliphatic carbocycles. The molecule has 6 heteroatoms. The van der Waals surface area contributed by atoms with Gasteiger partial charge in [-0.2, -0.15) is 0 Å². The Labute approximate surface area is 157 Å². The number of anilines is 1. The Kier molecular flexibility index (Phi) is 5.16. The topological polar surface area (TPSA) is 52.2 Å². The number of benzene rings is 1. The van der Waals surface area contributed by atoms with Gasteiger partial charge in [0.05, 0.1) is 10.9 Å². The van der Waals surface area contributed by atoms with E-state index in [1.54, 1.807) is 6.20 Å². The molecular weight excluding hydrogens is 343 g/mol. The first-order valence-electron chi connectivity index (χ1n) is 9.39. The van der Waals surface area contributed by atoms with E-state index < -0.39 is 0 Å². The molecule has 5 nitrogen and oxygen atoms in total. The highest BCUT2D eigenvalue weighted by atomic mass is 19.1. The van der Waals surface area contributed by atoms with Gasteiger partial charge in [0.1, 0.15) is 5.82 Å². The average Bonchev–Trinajstić information content (AvgIpc) is 2.69. The summed E-state index contributed by atoms with van der Waals surface area (Å²) >= 11 is 0. The van der Waals surface area contributed by atoms with Crippen LogP contribution in [0.2, 0.25) is 0 Å². The van der Waals surface area contributed by atoms with Crippen LogP contribution in [0.15, 0.2) is 53.5 Å². The van der Waals surface area contributed by atoms with E-state index in [9.17, 15) is 9.18 Å². The van der Waals surface area contributed by atoms with Crippen molar-refractivity contribution < 1.29 is 4.39 Å². The van der Waals surface area contributed by atoms with Gasteiger partial charge < -0.3 is 9.88 Å². The summed E-state index contributed by atoms with van der Waals surface area (Å²) in [4.78, 5) is 23.8. The van der Waals surface area contributed by atoms with Gasteiger partial charge in [-0.1, -0.05) is 0 Å². The standard InChI is InChI=1S/C21H23FN4O/c22-16-3-6-18(7-4-16)26-14-12-25(13-15-26)11-1-2-17-5-8-19-20(24-17)9-10-23-21(19)27/h3-10H,1-2,11-15H2,(H,23,27). The maximum Gasteiger partial charge on any atom is 0.257 e. The number of hydrogen-bond donors (Lipinski definition) is 1. The molecule has 0 unspecified atom stereocenters. The minimum absolute atomic E-state index is 0.0921. The molecule has 0 atom stereocenters. The highest BCUT2D eigenvalue weighted by molar-refractivity contribution is 5.77. The van der Waals surface area contributed by atoms with Gasteiger partial charge in [-0.05, 0) is 61.9 Å². The zero-order valence-corrected chi connectivity index (χ0v) is 15.2. The van der Waals surface area contributed by atoms with Crippen LogP contribution >= 0.6 is 0 Å². The molecule has 0 amide bonds. The van der Waals surface area contributed by atoms with E-state index in [0.29, 0.717) is 5.39 Å². The lowest BCUT2D eigenvalue weighted by molar-refractivity contribution is 0.255. The number of pyridine rings is 2. The Balaban J connectivity index is 1.27. The molecule has 1 fully saturated rings. The molecule has 4 rings (SSSR count). The summed E-state index contributed by atoms with van der Waals surface area (Å²) in [5, 5.41) is 0.637. The minimum atomic E-state index is -0.190. The maximum absolute atomic E-state index is 13.1. The van der Waals surface area contributed by atoms with E-state index in [1.165, 1.54) is 12.1 Å². The van der Waals surface area contributed by atoms with Gasteiger partial charge in [0.25, 0.3) is 5.56 Å². The summed E-state index contributed by atoms with van der Waals surface area (Å²) in [6, 6.07) is 12.4. The Morgan fingerprint density at radius 1 is 1.00 bits per heavy atom. The van der Waals surface area contributed by atoms with Crippen molar-refractivity contribution in [2.24, 2.45) is 0 Å². The van der Waals surface area contributed by atoms with Gasteiger partial charge >= 0.3 is 0 Å².